The van der Waals surface area contributed by atoms with E-state index in [0.29, 0.717) is 11.8 Å². The molecule has 20 heavy (non-hydrogen) atoms. The second kappa shape index (κ2) is 9.62. The highest BCUT2D eigenvalue weighted by Crippen LogP contribution is 2.32. The molecule has 0 bridgehead atoms. The summed E-state index contributed by atoms with van der Waals surface area (Å²) in [4.78, 5) is 14.6. The molecule has 1 amide bonds. The number of carbonyl (C=O) groups excluding carboxylic acids is 1. The molecule has 1 N–H and O–H groups in total. The standard InChI is InChI=1S/C16H30N2O.ClH/c1-2-3-5-14-6-8-15(9-7-14)16(19)18-12-4-10-17-11-13-18;/h14-15,17H,2-13H2,1H3;1H. The van der Waals surface area contributed by atoms with Crippen molar-refractivity contribution < 1.29 is 4.79 Å². The van der Waals surface area contributed by atoms with E-state index in [4.69, 9.17) is 0 Å². The molecule has 2 fully saturated rings. The molecular weight excluding hydrogens is 272 g/mol. The molecule has 2 aliphatic rings. The fourth-order valence-corrected chi connectivity index (χ4v) is 3.52. The van der Waals surface area contributed by atoms with Crippen LogP contribution in [-0.2, 0) is 4.79 Å². The molecule has 0 spiro atoms. The maximum atomic E-state index is 12.5. The van der Waals surface area contributed by atoms with E-state index >= 15 is 0 Å². The molecule has 0 aromatic carbocycles. The second-order valence-corrected chi connectivity index (χ2v) is 6.29. The van der Waals surface area contributed by atoms with E-state index in [-0.39, 0.29) is 12.4 Å². The van der Waals surface area contributed by atoms with Gasteiger partial charge in [-0.05, 0) is 44.6 Å². The quantitative estimate of drug-likeness (QED) is 0.865. The summed E-state index contributed by atoms with van der Waals surface area (Å²) in [6.45, 7) is 6.17. The molecule has 3 nitrogen and oxygen atoms in total. The van der Waals surface area contributed by atoms with Crippen LogP contribution in [-0.4, -0.2) is 37.0 Å². The number of hydrogen-bond acceptors (Lipinski definition) is 2. The Kier molecular flexibility index (Phi) is 8.55. The van der Waals surface area contributed by atoms with Crippen LogP contribution in [0.2, 0.25) is 0 Å². The van der Waals surface area contributed by atoms with E-state index in [1.54, 1.807) is 0 Å². The number of hydrogen-bond donors (Lipinski definition) is 1. The molecule has 1 saturated carbocycles. The van der Waals surface area contributed by atoms with Gasteiger partial charge >= 0.3 is 0 Å². The zero-order chi connectivity index (χ0) is 13.5. The van der Waals surface area contributed by atoms with Gasteiger partial charge in [0.1, 0.15) is 0 Å². The van der Waals surface area contributed by atoms with Crippen LogP contribution in [0.3, 0.4) is 0 Å². The topological polar surface area (TPSA) is 32.3 Å². The van der Waals surface area contributed by atoms with Crippen molar-refractivity contribution in [3.63, 3.8) is 0 Å². The van der Waals surface area contributed by atoms with Crippen LogP contribution in [0, 0.1) is 11.8 Å². The third kappa shape index (κ3) is 5.25. The molecule has 0 radical (unpaired) electrons. The van der Waals surface area contributed by atoms with Crippen LogP contribution >= 0.6 is 12.4 Å². The number of nitrogens with zero attached hydrogens (tertiary/aromatic N) is 1. The molecule has 1 heterocycles. The maximum Gasteiger partial charge on any atom is 0.225 e. The molecule has 1 saturated heterocycles. The van der Waals surface area contributed by atoms with Crippen molar-refractivity contribution in [3.05, 3.63) is 0 Å². The predicted molar refractivity (Wildman–Crippen MR) is 86.3 cm³/mol. The molecule has 1 aliphatic heterocycles. The van der Waals surface area contributed by atoms with E-state index in [9.17, 15) is 4.79 Å². The minimum absolute atomic E-state index is 0. The highest BCUT2D eigenvalue weighted by molar-refractivity contribution is 5.85. The number of unbranched alkanes of at least 4 members (excludes halogenated alkanes) is 1. The molecule has 4 heteroatoms. The summed E-state index contributed by atoms with van der Waals surface area (Å²) in [5.41, 5.74) is 0. The minimum Gasteiger partial charge on any atom is -0.341 e. The molecule has 0 atom stereocenters. The Hall–Kier alpha value is -0.280. The van der Waals surface area contributed by atoms with Crippen molar-refractivity contribution in [2.45, 2.75) is 58.3 Å². The van der Waals surface area contributed by atoms with Crippen LogP contribution in [0.1, 0.15) is 58.3 Å². The SMILES string of the molecule is CCCCC1CCC(C(=O)N2CCCNCC2)CC1.Cl. The Balaban J connectivity index is 0.00000200. The van der Waals surface area contributed by atoms with Gasteiger partial charge in [-0.1, -0.05) is 26.2 Å². The number of carbonyl (C=O) groups is 1. The zero-order valence-corrected chi connectivity index (χ0v) is 13.7. The van der Waals surface area contributed by atoms with E-state index in [1.165, 1.54) is 32.1 Å². The van der Waals surface area contributed by atoms with Gasteiger partial charge in [0.25, 0.3) is 0 Å². The third-order valence-electron chi connectivity index (χ3n) is 4.81. The summed E-state index contributed by atoms with van der Waals surface area (Å²) in [6.07, 6.45) is 9.99. The summed E-state index contributed by atoms with van der Waals surface area (Å²) in [6, 6.07) is 0. The highest BCUT2D eigenvalue weighted by Gasteiger charge is 2.29. The first kappa shape index (κ1) is 17.8. The fourth-order valence-electron chi connectivity index (χ4n) is 3.52. The van der Waals surface area contributed by atoms with E-state index in [1.807, 2.05) is 0 Å². The molecule has 0 unspecified atom stereocenters. The van der Waals surface area contributed by atoms with Crippen molar-refractivity contribution in [1.82, 2.24) is 10.2 Å². The van der Waals surface area contributed by atoms with Crippen molar-refractivity contribution in [1.29, 1.82) is 0 Å². The van der Waals surface area contributed by atoms with Crippen molar-refractivity contribution in [2.24, 2.45) is 11.8 Å². The lowest BCUT2D eigenvalue weighted by molar-refractivity contribution is -0.136. The average Bonchev–Trinajstić information content (AvgIpc) is 2.74. The summed E-state index contributed by atoms with van der Waals surface area (Å²) < 4.78 is 0. The van der Waals surface area contributed by atoms with Gasteiger partial charge in [-0.3, -0.25) is 4.79 Å². The van der Waals surface area contributed by atoms with E-state index in [0.717, 1.165) is 51.4 Å². The molecule has 0 aromatic rings. The van der Waals surface area contributed by atoms with Gasteiger partial charge in [-0.15, -0.1) is 12.4 Å². The van der Waals surface area contributed by atoms with Crippen molar-refractivity contribution >= 4 is 18.3 Å². The number of halogens is 1. The monoisotopic (exact) mass is 302 g/mol. The van der Waals surface area contributed by atoms with Crippen LogP contribution < -0.4 is 5.32 Å². The Labute approximate surface area is 130 Å². The Morgan fingerprint density at radius 2 is 1.90 bits per heavy atom. The third-order valence-corrected chi connectivity index (χ3v) is 4.81. The zero-order valence-electron chi connectivity index (χ0n) is 12.9. The first-order chi connectivity index (χ1) is 9.31. The fraction of sp³-hybridized carbons (Fsp3) is 0.938. The largest absolute Gasteiger partial charge is 0.341 e. The van der Waals surface area contributed by atoms with Gasteiger partial charge in [-0.25, -0.2) is 0 Å². The highest BCUT2D eigenvalue weighted by atomic mass is 35.5. The van der Waals surface area contributed by atoms with Gasteiger partial charge in [0, 0.05) is 25.6 Å². The summed E-state index contributed by atoms with van der Waals surface area (Å²) in [5, 5.41) is 3.37. The predicted octanol–water partition coefficient (Wildman–Crippen LogP) is 3.23. The van der Waals surface area contributed by atoms with Crippen LogP contribution in [0.4, 0.5) is 0 Å². The number of nitrogens with one attached hydrogen (secondary N) is 1. The van der Waals surface area contributed by atoms with Crippen LogP contribution in [0.25, 0.3) is 0 Å². The second-order valence-electron chi connectivity index (χ2n) is 6.29. The number of amides is 1. The molecular formula is C16H31ClN2O. The summed E-state index contributed by atoms with van der Waals surface area (Å²) in [7, 11) is 0. The molecule has 0 aromatic heterocycles. The minimum atomic E-state index is 0. The van der Waals surface area contributed by atoms with Crippen molar-refractivity contribution in [3.8, 4) is 0 Å². The van der Waals surface area contributed by atoms with E-state index in [2.05, 4.69) is 17.1 Å². The average molecular weight is 303 g/mol. The van der Waals surface area contributed by atoms with Crippen LogP contribution in [0.5, 0.6) is 0 Å². The Morgan fingerprint density at radius 3 is 2.60 bits per heavy atom. The first-order valence-corrected chi connectivity index (χ1v) is 8.30. The first-order valence-electron chi connectivity index (χ1n) is 8.30. The van der Waals surface area contributed by atoms with Gasteiger partial charge in [0.15, 0.2) is 0 Å². The maximum absolute atomic E-state index is 12.5. The number of rotatable bonds is 4. The normalized spacial score (nSPS) is 27.6. The van der Waals surface area contributed by atoms with Gasteiger partial charge in [0.05, 0.1) is 0 Å². The van der Waals surface area contributed by atoms with Gasteiger partial charge in [0.2, 0.25) is 5.91 Å². The lowest BCUT2D eigenvalue weighted by Crippen LogP contribution is -2.39. The molecule has 2 rings (SSSR count). The molecule has 1 aliphatic carbocycles. The summed E-state index contributed by atoms with van der Waals surface area (Å²) in [5.74, 6) is 1.67. The lowest BCUT2D eigenvalue weighted by Gasteiger charge is -2.31. The Bertz CT molecular complexity index is 270. The Morgan fingerprint density at radius 1 is 1.15 bits per heavy atom. The van der Waals surface area contributed by atoms with Crippen LogP contribution in [0.15, 0.2) is 0 Å². The summed E-state index contributed by atoms with van der Waals surface area (Å²) >= 11 is 0. The van der Waals surface area contributed by atoms with E-state index < -0.39 is 0 Å². The van der Waals surface area contributed by atoms with Gasteiger partial charge < -0.3 is 10.2 Å². The smallest absolute Gasteiger partial charge is 0.225 e. The molecule has 118 valence electrons. The lowest BCUT2D eigenvalue weighted by atomic mass is 9.79. The van der Waals surface area contributed by atoms with Gasteiger partial charge in [-0.2, -0.15) is 0 Å². The van der Waals surface area contributed by atoms with Crippen molar-refractivity contribution in [2.75, 3.05) is 26.2 Å².